The lowest BCUT2D eigenvalue weighted by atomic mass is 10.1. The molecule has 6 heteroatoms. The molecule has 1 amide bonds. The zero-order valence-corrected chi connectivity index (χ0v) is 11.7. The lowest BCUT2D eigenvalue weighted by Crippen LogP contribution is -2.36. The van der Waals surface area contributed by atoms with Crippen LogP contribution in [0, 0.1) is 0 Å². The molecule has 0 radical (unpaired) electrons. The van der Waals surface area contributed by atoms with E-state index in [9.17, 15) is 18.0 Å². The second-order valence-corrected chi connectivity index (χ2v) is 5.09. The minimum atomic E-state index is -4.35. The van der Waals surface area contributed by atoms with Gasteiger partial charge in [-0.2, -0.15) is 13.2 Å². The van der Waals surface area contributed by atoms with Crippen LogP contribution in [0.2, 0.25) is 0 Å². The SMILES string of the molecule is C=CC(=O)N1CC[C@H](N(C)c2cccc(C(F)(F)F)c2)C1. The van der Waals surface area contributed by atoms with Gasteiger partial charge >= 0.3 is 6.18 Å². The van der Waals surface area contributed by atoms with Crippen LogP contribution in [0.15, 0.2) is 36.9 Å². The van der Waals surface area contributed by atoms with Gasteiger partial charge in [-0.05, 0) is 30.7 Å². The molecule has 1 fully saturated rings. The van der Waals surface area contributed by atoms with Crippen molar-refractivity contribution in [1.29, 1.82) is 0 Å². The number of benzene rings is 1. The Balaban J connectivity index is 2.12. The van der Waals surface area contributed by atoms with Crippen molar-refractivity contribution in [3.63, 3.8) is 0 Å². The predicted octanol–water partition coefficient (Wildman–Crippen LogP) is 2.93. The average molecular weight is 298 g/mol. The maximum Gasteiger partial charge on any atom is 0.416 e. The first kappa shape index (κ1) is 15.4. The smallest absolute Gasteiger partial charge is 0.370 e. The third-order valence-electron chi connectivity index (χ3n) is 3.78. The molecule has 3 nitrogen and oxygen atoms in total. The summed E-state index contributed by atoms with van der Waals surface area (Å²) in [6, 6.07) is 5.25. The van der Waals surface area contributed by atoms with E-state index in [1.807, 2.05) is 0 Å². The Kier molecular flexibility index (Phi) is 4.25. The highest BCUT2D eigenvalue weighted by molar-refractivity contribution is 5.87. The maximum absolute atomic E-state index is 12.7. The number of halogens is 3. The van der Waals surface area contributed by atoms with Gasteiger partial charge < -0.3 is 9.80 Å². The number of nitrogens with zero attached hydrogens (tertiary/aromatic N) is 2. The monoisotopic (exact) mass is 298 g/mol. The number of hydrogen-bond donors (Lipinski definition) is 0. The third-order valence-corrected chi connectivity index (χ3v) is 3.78. The van der Waals surface area contributed by atoms with Gasteiger partial charge in [0, 0.05) is 31.9 Å². The molecule has 0 N–H and O–H groups in total. The largest absolute Gasteiger partial charge is 0.416 e. The summed E-state index contributed by atoms with van der Waals surface area (Å²) >= 11 is 0. The van der Waals surface area contributed by atoms with Crippen molar-refractivity contribution in [1.82, 2.24) is 4.90 Å². The molecule has 0 bridgehead atoms. The van der Waals surface area contributed by atoms with Crippen LogP contribution in [0.25, 0.3) is 0 Å². The van der Waals surface area contributed by atoms with Crippen LogP contribution >= 0.6 is 0 Å². The Bertz CT molecular complexity index is 542. The van der Waals surface area contributed by atoms with Crippen molar-refractivity contribution in [2.45, 2.75) is 18.6 Å². The zero-order chi connectivity index (χ0) is 15.6. The Morgan fingerprint density at radius 2 is 2.19 bits per heavy atom. The molecule has 1 aromatic carbocycles. The number of anilines is 1. The first-order chi connectivity index (χ1) is 9.82. The zero-order valence-electron chi connectivity index (χ0n) is 11.7. The van der Waals surface area contributed by atoms with Gasteiger partial charge in [0.1, 0.15) is 0 Å². The number of amides is 1. The summed E-state index contributed by atoms with van der Waals surface area (Å²) < 4.78 is 38.2. The van der Waals surface area contributed by atoms with Crippen molar-refractivity contribution < 1.29 is 18.0 Å². The van der Waals surface area contributed by atoms with Gasteiger partial charge in [0.2, 0.25) is 5.91 Å². The van der Waals surface area contributed by atoms with E-state index < -0.39 is 11.7 Å². The summed E-state index contributed by atoms with van der Waals surface area (Å²) in [6.07, 6.45) is -2.36. The highest BCUT2D eigenvalue weighted by Gasteiger charge is 2.32. The number of carbonyl (C=O) groups excluding carboxylic acids is 1. The van der Waals surface area contributed by atoms with Crippen LogP contribution in [0.3, 0.4) is 0 Å². The quantitative estimate of drug-likeness (QED) is 0.801. The van der Waals surface area contributed by atoms with Gasteiger partial charge in [-0.3, -0.25) is 4.79 Å². The summed E-state index contributed by atoms with van der Waals surface area (Å²) in [7, 11) is 1.75. The number of likely N-dealkylation sites (tertiary alicyclic amines) is 1. The van der Waals surface area contributed by atoms with Crippen LogP contribution in [0.4, 0.5) is 18.9 Å². The number of likely N-dealkylation sites (N-methyl/N-ethyl adjacent to an activating group) is 1. The van der Waals surface area contributed by atoms with Crippen molar-refractivity contribution in [3.05, 3.63) is 42.5 Å². The molecule has 0 aliphatic carbocycles. The second kappa shape index (κ2) is 5.79. The number of rotatable bonds is 3. The predicted molar refractivity (Wildman–Crippen MR) is 75.0 cm³/mol. The summed E-state index contributed by atoms with van der Waals surface area (Å²) in [5, 5.41) is 0. The van der Waals surface area contributed by atoms with Gasteiger partial charge in [-0.1, -0.05) is 12.6 Å². The van der Waals surface area contributed by atoms with Gasteiger partial charge in [0.15, 0.2) is 0 Å². The Morgan fingerprint density at radius 3 is 2.81 bits per heavy atom. The number of hydrogen-bond acceptors (Lipinski definition) is 2. The molecule has 1 aliphatic rings. The Labute approximate surface area is 121 Å². The maximum atomic E-state index is 12.7. The van der Waals surface area contributed by atoms with E-state index in [-0.39, 0.29) is 11.9 Å². The van der Waals surface area contributed by atoms with Crippen molar-refractivity contribution in [3.8, 4) is 0 Å². The van der Waals surface area contributed by atoms with Crippen LogP contribution in [-0.2, 0) is 11.0 Å². The van der Waals surface area contributed by atoms with E-state index in [0.717, 1.165) is 18.6 Å². The van der Waals surface area contributed by atoms with Crippen molar-refractivity contribution in [2.75, 3.05) is 25.0 Å². The lowest BCUT2D eigenvalue weighted by Gasteiger charge is -2.27. The molecular weight excluding hydrogens is 281 g/mol. The molecule has 0 unspecified atom stereocenters. The highest BCUT2D eigenvalue weighted by Crippen LogP contribution is 2.32. The lowest BCUT2D eigenvalue weighted by molar-refractivity contribution is -0.137. The topological polar surface area (TPSA) is 23.6 Å². The summed E-state index contributed by atoms with van der Waals surface area (Å²) in [6.45, 7) is 4.54. The van der Waals surface area contributed by atoms with Gasteiger partial charge in [-0.25, -0.2) is 0 Å². The fourth-order valence-corrected chi connectivity index (χ4v) is 2.50. The third kappa shape index (κ3) is 3.37. The fourth-order valence-electron chi connectivity index (χ4n) is 2.50. The molecule has 1 aliphatic heterocycles. The normalized spacial score (nSPS) is 18.7. The van der Waals surface area contributed by atoms with E-state index in [1.165, 1.54) is 12.1 Å². The molecule has 1 atom stereocenters. The van der Waals surface area contributed by atoms with Gasteiger partial charge in [0.05, 0.1) is 5.56 Å². The first-order valence-corrected chi connectivity index (χ1v) is 6.64. The van der Waals surface area contributed by atoms with Crippen LogP contribution in [-0.4, -0.2) is 37.0 Å². The molecule has 21 heavy (non-hydrogen) atoms. The molecule has 0 aromatic heterocycles. The van der Waals surface area contributed by atoms with Crippen molar-refractivity contribution >= 4 is 11.6 Å². The van der Waals surface area contributed by atoms with Gasteiger partial charge in [-0.15, -0.1) is 0 Å². The molecule has 0 saturated carbocycles. The molecule has 1 aromatic rings. The van der Waals surface area contributed by atoms with E-state index >= 15 is 0 Å². The van der Waals surface area contributed by atoms with E-state index in [2.05, 4.69) is 6.58 Å². The molecular formula is C15H17F3N2O. The molecule has 1 heterocycles. The van der Waals surface area contributed by atoms with E-state index in [0.29, 0.717) is 18.8 Å². The van der Waals surface area contributed by atoms with Crippen LogP contribution < -0.4 is 4.90 Å². The van der Waals surface area contributed by atoms with E-state index in [4.69, 9.17) is 0 Å². The highest BCUT2D eigenvalue weighted by atomic mass is 19.4. The van der Waals surface area contributed by atoms with E-state index in [1.54, 1.807) is 22.9 Å². The minimum Gasteiger partial charge on any atom is -0.370 e. The minimum absolute atomic E-state index is 0.0115. The summed E-state index contributed by atoms with van der Waals surface area (Å²) in [5.41, 5.74) is -0.161. The molecule has 0 spiro atoms. The number of alkyl halides is 3. The van der Waals surface area contributed by atoms with Crippen LogP contribution in [0.5, 0.6) is 0 Å². The molecule has 2 rings (SSSR count). The summed E-state index contributed by atoms with van der Waals surface area (Å²) in [4.78, 5) is 15.0. The first-order valence-electron chi connectivity index (χ1n) is 6.64. The summed E-state index contributed by atoms with van der Waals surface area (Å²) in [5.74, 6) is -0.144. The number of carbonyl (C=O) groups is 1. The van der Waals surface area contributed by atoms with Crippen LogP contribution in [0.1, 0.15) is 12.0 Å². The second-order valence-electron chi connectivity index (χ2n) is 5.09. The molecule has 114 valence electrons. The Hall–Kier alpha value is -1.98. The molecule has 1 saturated heterocycles. The van der Waals surface area contributed by atoms with Crippen molar-refractivity contribution in [2.24, 2.45) is 0 Å². The Morgan fingerprint density at radius 1 is 1.48 bits per heavy atom. The average Bonchev–Trinajstić information content (AvgIpc) is 2.94. The standard InChI is InChI=1S/C15H17F3N2O/c1-3-14(21)20-8-7-13(10-20)19(2)12-6-4-5-11(9-12)15(16,17)18/h3-6,9,13H,1,7-8,10H2,2H3/t13-/m0/s1. The van der Waals surface area contributed by atoms with Gasteiger partial charge in [0.25, 0.3) is 0 Å². The fraction of sp³-hybridized carbons (Fsp3) is 0.400.